The van der Waals surface area contributed by atoms with Gasteiger partial charge in [0.05, 0.1) is 6.54 Å². The molecule has 0 saturated heterocycles. The normalized spacial score (nSPS) is 15.8. The predicted molar refractivity (Wildman–Crippen MR) is 62.3 cm³/mol. The summed E-state index contributed by atoms with van der Waals surface area (Å²) in [7, 11) is 1.87. The van der Waals surface area contributed by atoms with E-state index in [-0.39, 0.29) is 0 Å². The molecule has 1 heterocycles. The van der Waals surface area contributed by atoms with Crippen molar-refractivity contribution in [3.63, 3.8) is 0 Å². The maximum atomic E-state index is 5.62. The highest BCUT2D eigenvalue weighted by Gasteiger charge is 2.28. The average molecular weight is 224 g/mol. The minimum absolute atomic E-state index is 0.406. The fraction of sp³-hybridized carbons (Fsp3) is 0.818. The molecule has 1 saturated carbocycles. The fourth-order valence-electron chi connectivity index (χ4n) is 1.67. The first-order valence-corrected chi connectivity index (χ1v) is 5.94. The second-order valence-corrected chi connectivity index (χ2v) is 4.70. The van der Waals surface area contributed by atoms with Crippen LogP contribution in [-0.2, 0) is 6.54 Å². The zero-order valence-corrected chi connectivity index (χ0v) is 10.2. The largest absolute Gasteiger partial charge is 0.407 e. The molecule has 5 heteroatoms. The monoisotopic (exact) mass is 224 g/mol. The minimum atomic E-state index is 0.406. The van der Waals surface area contributed by atoms with E-state index >= 15 is 0 Å². The van der Waals surface area contributed by atoms with Gasteiger partial charge in [-0.3, -0.25) is 0 Å². The van der Waals surface area contributed by atoms with E-state index in [0.717, 1.165) is 12.5 Å². The molecule has 2 rings (SSSR count). The van der Waals surface area contributed by atoms with E-state index in [0.29, 0.717) is 24.5 Å². The van der Waals surface area contributed by atoms with Crippen molar-refractivity contribution in [3.05, 3.63) is 5.89 Å². The Morgan fingerprint density at radius 3 is 2.75 bits per heavy atom. The molecule has 0 radical (unpaired) electrons. The van der Waals surface area contributed by atoms with Crippen LogP contribution >= 0.6 is 0 Å². The quantitative estimate of drug-likeness (QED) is 0.792. The van der Waals surface area contributed by atoms with Crippen LogP contribution in [0.5, 0.6) is 0 Å². The van der Waals surface area contributed by atoms with E-state index in [9.17, 15) is 0 Å². The van der Waals surface area contributed by atoms with E-state index in [2.05, 4.69) is 34.3 Å². The molecular weight excluding hydrogens is 204 g/mol. The van der Waals surface area contributed by atoms with E-state index in [1.54, 1.807) is 0 Å². The Kier molecular flexibility index (Phi) is 3.43. The van der Waals surface area contributed by atoms with Crippen LogP contribution in [0.4, 0.5) is 6.01 Å². The first-order chi connectivity index (χ1) is 7.70. The van der Waals surface area contributed by atoms with E-state index in [1.807, 2.05) is 7.05 Å². The summed E-state index contributed by atoms with van der Waals surface area (Å²) >= 11 is 0. The van der Waals surface area contributed by atoms with Gasteiger partial charge in [-0.05, 0) is 39.7 Å². The molecule has 0 aliphatic heterocycles. The second kappa shape index (κ2) is 4.82. The van der Waals surface area contributed by atoms with Crippen LogP contribution in [0, 0.1) is 5.92 Å². The van der Waals surface area contributed by atoms with Crippen molar-refractivity contribution in [3.8, 4) is 0 Å². The van der Waals surface area contributed by atoms with E-state index in [4.69, 9.17) is 4.42 Å². The summed E-state index contributed by atoms with van der Waals surface area (Å²) in [6, 6.07) is 1.07. The Bertz CT molecular complexity index is 332. The van der Waals surface area contributed by atoms with Crippen molar-refractivity contribution in [2.45, 2.75) is 39.3 Å². The number of aromatic nitrogens is 2. The molecule has 0 spiro atoms. The molecule has 5 nitrogen and oxygen atoms in total. The molecule has 1 aliphatic rings. The topological polar surface area (TPSA) is 54.2 Å². The highest BCUT2D eigenvalue weighted by atomic mass is 16.4. The molecule has 0 amide bonds. The van der Waals surface area contributed by atoms with Gasteiger partial charge >= 0.3 is 6.01 Å². The third-order valence-electron chi connectivity index (χ3n) is 2.81. The van der Waals surface area contributed by atoms with Gasteiger partial charge < -0.3 is 14.6 Å². The zero-order chi connectivity index (χ0) is 11.5. The van der Waals surface area contributed by atoms with Gasteiger partial charge in [0, 0.05) is 12.6 Å². The molecule has 1 aliphatic carbocycles. The van der Waals surface area contributed by atoms with Crippen molar-refractivity contribution < 1.29 is 4.42 Å². The van der Waals surface area contributed by atoms with Crippen LogP contribution in [0.25, 0.3) is 0 Å². The summed E-state index contributed by atoms with van der Waals surface area (Å²) in [6.45, 7) is 5.98. The molecule has 0 unspecified atom stereocenters. The lowest BCUT2D eigenvalue weighted by atomic mass is 10.3. The number of hydrogen-bond donors (Lipinski definition) is 1. The molecule has 16 heavy (non-hydrogen) atoms. The number of nitrogens with zero attached hydrogens (tertiary/aromatic N) is 3. The second-order valence-electron chi connectivity index (χ2n) is 4.70. The van der Waals surface area contributed by atoms with E-state index < -0.39 is 0 Å². The Morgan fingerprint density at radius 2 is 2.19 bits per heavy atom. The first-order valence-electron chi connectivity index (χ1n) is 5.94. The maximum Gasteiger partial charge on any atom is 0.318 e. The molecule has 0 aromatic carbocycles. The lowest BCUT2D eigenvalue weighted by Gasteiger charge is -2.24. The SMILES string of the molecule is CNCc1nnc(N(CC2CC2)C(C)C)o1. The minimum Gasteiger partial charge on any atom is -0.407 e. The fourth-order valence-corrected chi connectivity index (χ4v) is 1.67. The number of nitrogens with one attached hydrogen (secondary N) is 1. The van der Waals surface area contributed by atoms with Gasteiger partial charge in [-0.25, -0.2) is 0 Å². The van der Waals surface area contributed by atoms with Gasteiger partial charge in [-0.1, -0.05) is 5.10 Å². The standard InChI is InChI=1S/C11H20N4O/c1-8(2)15(7-9-4-5-9)11-14-13-10(16-11)6-12-3/h8-9,12H,4-7H2,1-3H3. The van der Waals surface area contributed by atoms with Crippen LogP contribution in [-0.4, -0.2) is 29.8 Å². The Labute approximate surface area is 96.2 Å². The lowest BCUT2D eigenvalue weighted by molar-refractivity contribution is 0.456. The van der Waals surface area contributed by atoms with Crippen molar-refractivity contribution in [2.75, 3.05) is 18.5 Å². The van der Waals surface area contributed by atoms with Gasteiger partial charge in [0.15, 0.2) is 0 Å². The van der Waals surface area contributed by atoms with Gasteiger partial charge in [0.2, 0.25) is 5.89 Å². The first kappa shape index (κ1) is 11.4. The molecule has 0 atom stereocenters. The summed E-state index contributed by atoms with van der Waals surface area (Å²) in [5, 5.41) is 11.1. The summed E-state index contributed by atoms with van der Waals surface area (Å²) in [5.74, 6) is 1.47. The third kappa shape index (κ3) is 2.72. The van der Waals surface area contributed by atoms with Crippen LogP contribution in [0.15, 0.2) is 4.42 Å². The number of hydrogen-bond acceptors (Lipinski definition) is 5. The highest BCUT2D eigenvalue weighted by molar-refractivity contribution is 5.26. The van der Waals surface area contributed by atoms with Crippen molar-refractivity contribution in [1.82, 2.24) is 15.5 Å². The number of rotatable bonds is 6. The molecule has 90 valence electrons. The molecule has 1 aromatic rings. The molecule has 1 aromatic heterocycles. The van der Waals surface area contributed by atoms with Gasteiger partial charge in [-0.2, -0.15) is 0 Å². The van der Waals surface area contributed by atoms with Crippen molar-refractivity contribution in [2.24, 2.45) is 5.92 Å². The molecule has 1 N–H and O–H groups in total. The average Bonchev–Trinajstić information content (AvgIpc) is 2.95. The van der Waals surface area contributed by atoms with Gasteiger partial charge in [0.1, 0.15) is 0 Å². The molecule has 1 fully saturated rings. The van der Waals surface area contributed by atoms with Crippen LogP contribution < -0.4 is 10.2 Å². The summed E-state index contributed by atoms with van der Waals surface area (Å²) < 4.78 is 5.62. The van der Waals surface area contributed by atoms with Gasteiger partial charge in [-0.15, -0.1) is 5.10 Å². The highest BCUT2D eigenvalue weighted by Crippen LogP contribution is 2.31. The number of anilines is 1. The zero-order valence-electron chi connectivity index (χ0n) is 10.2. The van der Waals surface area contributed by atoms with Crippen molar-refractivity contribution >= 4 is 6.01 Å². The Balaban J connectivity index is 2.04. The van der Waals surface area contributed by atoms with Crippen molar-refractivity contribution in [1.29, 1.82) is 0 Å². The third-order valence-corrected chi connectivity index (χ3v) is 2.81. The summed E-state index contributed by atoms with van der Waals surface area (Å²) in [5.41, 5.74) is 0. The smallest absolute Gasteiger partial charge is 0.318 e. The molecule has 0 bridgehead atoms. The Morgan fingerprint density at radius 1 is 1.44 bits per heavy atom. The predicted octanol–water partition coefficient (Wildman–Crippen LogP) is 1.41. The van der Waals surface area contributed by atoms with Crippen LogP contribution in [0.2, 0.25) is 0 Å². The summed E-state index contributed by atoms with van der Waals surface area (Å²) in [6.07, 6.45) is 2.67. The van der Waals surface area contributed by atoms with Crippen LogP contribution in [0.1, 0.15) is 32.6 Å². The van der Waals surface area contributed by atoms with Crippen LogP contribution in [0.3, 0.4) is 0 Å². The van der Waals surface area contributed by atoms with Gasteiger partial charge in [0.25, 0.3) is 0 Å². The lowest BCUT2D eigenvalue weighted by Crippen LogP contribution is -2.33. The van der Waals surface area contributed by atoms with E-state index in [1.165, 1.54) is 12.8 Å². The molecular formula is C11H20N4O. The maximum absolute atomic E-state index is 5.62. The Hall–Kier alpha value is -1.10. The summed E-state index contributed by atoms with van der Waals surface area (Å²) in [4.78, 5) is 2.20.